The molecule has 2 heterocycles. The molecule has 78 valence electrons. The fraction of sp³-hybridized carbons (Fsp3) is 0.700. The second-order valence-electron chi connectivity index (χ2n) is 3.67. The quantitative estimate of drug-likeness (QED) is 0.755. The number of nitrogens with one attached hydrogen (secondary N) is 1. The van der Waals surface area contributed by atoms with Crippen LogP contribution >= 0.6 is 11.3 Å². The molecule has 3 nitrogen and oxygen atoms in total. The molecule has 0 unspecified atom stereocenters. The molecule has 0 saturated carbocycles. The van der Waals surface area contributed by atoms with Crippen LogP contribution in [-0.2, 0) is 0 Å². The fourth-order valence-electron chi connectivity index (χ4n) is 1.81. The van der Waals surface area contributed by atoms with Crippen LogP contribution in [0.4, 0.5) is 5.13 Å². The molecular formula is C10H17N3S. The number of anilines is 1. The lowest BCUT2D eigenvalue weighted by Gasteiger charge is -2.13. The van der Waals surface area contributed by atoms with E-state index in [9.17, 15) is 0 Å². The highest BCUT2D eigenvalue weighted by Gasteiger charge is 2.09. The third-order valence-electron chi connectivity index (χ3n) is 2.56. The first kappa shape index (κ1) is 9.93. The number of aromatic nitrogens is 1. The molecule has 1 saturated heterocycles. The van der Waals surface area contributed by atoms with E-state index in [1.54, 1.807) is 11.3 Å². The van der Waals surface area contributed by atoms with E-state index < -0.39 is 0 Å². The Morgan fingerprint density at radius 2 is 2.29 bits per heavy atom. The van der Waals surface area contributed by atoms with E-state index in [0.29, 0.717) is 0 Å². The number of thiazole rings is 1. The Kier molecular flexibility index (Phi) is 3.77. The maximum Gasteiger partial charge on any atom is 0.182 e. The smallest absolute Gasteiger partial charge is 0.182 e. The summed E-state index contributed by atoms with van der Waals surface area (Å²) in [6.45, 7) is 4.89. The van der Waals surface area contributed by atoms with Crippen LogP contribution in [0.5, 0.6) is 0 Å². The van der Waals surface area contributed by atoms with Crippen molar-refractivity contribution >= 4 is 16.5 Å². The Morgan fingerprint density at radius 1 is 1.43 bits per heavy atom. The van der Waals surface area contributed by atoms with Gasteiger partial charge in [0, 0.05) is 18.1 Å². The Labute approximate surface area is 89.1 Å². The van der Waals surface area contributed by atoms with Crippen molar-refractivity contribution in [2.45, 2.75) is 19.3 Å². The Bertz CT molecular complexity index is 242. The van der Waals surface area contributed by atoms with E-state index in [0.717, 1.165) is 11.7 Å². The van der Waals surface area contributed by atoms with E-state index >= 15 is 0 Å². The van der Waals surface area contributed by atoms with Crippen molar-refractivity contribution in [3.63, 3.8) is 0 Å². The molecule has 1 aromatic heterocycles. The highest BCUT2D eigenvalue weighted by molar-refractivity contribution is 7.13. The van der Waals surface area contributed by atoms with Gasteiger partial charge in [0.15, 0.2) is 5.13 Å². The first-order valence-electron chi connectivity index (χ1n) is 5.31. The second-order valence-corrected chi connectivity index (χ2v) is 4.56. The molecule has 1 aliphatic heterocycles. The Balaban J connectivity index is 1.55. The average Bonchev–Trinajstić information content (AvgIpc) is 2.86. The van der Waals surface area contributed by atoms with Gasteiger partial charge in [-0.25, -0.2) is 4.98 Å². The van der Waals surface area contributed by atoms with E-state index in [1.165, 1.54) is 38.9 Å². The maximum atomic E-state index is 4.18. The predicted molar refractivity (Wildman–Crippen MR) is 60.9 cm³/mol. The monoisotopic (exact) mass is 211 g/mol. The molecule has 1 N–H and O–H groups in total. The summed E-state index contributed by atoms with van der Waals surface area (Å²) in [7, 11) is 0. The second kappa shape index (κ2) is 5.32. The number of hydrogen-bond acceptors (Lipinski definition) is 4. The van der Waals surface area contributed by atoms with Crippen molar-refractivity contribution < 1.29 is 0 Å². The van der Waals surface area contributed by atoms with E-state index in [1.807, 2.05) is 11.6 Å². The van der Waals surface area contributed by atoms with Crippen molar-refractivity contribution in [2.24, 2.45) is 0 Å². The first-order chi connectivity index (χ1) is 6.95. The molecule has 0 bridgehead atoms. The van der Waals surface area contributed by atoms with Gasteiger partial charge in [-0.15, -0.1) is 11.3 Å². The van der Waals surface area contributed by atoms with Crippen molar-refractivity contribution in [2.75, 3.05) is 31.5 Å². The summed E-state index contributed by atoms with van der Waals surface area (Å²) < 4.78 is 0. The first-order valence-corrected chi connectivity index (χ1v) is 6.19. The van der Waals surface area contributed by atoms with Crippen molar-refractivity contribution in [3.05, 3.63) is 11.6 Å². The van der Waals surface area contributed by atoms with Crippen LogP contribution in [-0.4, -0.2) is 36.1 Å². The van der Waals surface area contributed by atoms with Crippen molar-refractivity contribution in [1.82, 2.24) is 9.88 Å². The van der Waals surface area contributed by atoms with Crippen molar-refractivity contribution in [1.29, 1.82) is 0 Å². The van der Waals surface area contributed by atoms with Gasteiger partial charge in [-0.2, -0.15) is 0 Å². The summed E-state index contributed by atoms with van der Waals surface area (Å²) >= 11 is 1.67. The Morgan fingerprint density at radius 3 is 3.00 bits per heavy atom. The minimum atomic E-state index is 1.05. The lowest BCUT2D eigenvalue weighted by molar-refractivity contribution is 0.337. The molecule has 2 rings (SSSR count). The fourth-order valence-corrected chi connectivity index (χ4v) is 2.37. The largest absolute Gasteiger partial charge is 0.361 e. The van der Waals surface area contributed by atoms with Gasteiger partial charge in [-0.3, -0.25) is 0 Å². The highest BCUT2D eigenvalue weighted by atomic mass is 32.1. The van der Waals surface area contributed by atoms with Crippen LogP contribution in [0.1, 0.15) is 19.3 Å². The van der Waals surface area contributed by atoms with Gasteiger partial charge in [0.1, 0.15) is 0 Å². The molecule has 0 aliphatic carbocycles. The van der Waals surface area contributed by atoms with Crippen LogP contribution < -0.4 is 5.32 Å². The standard InChI is InChI=1S/C10H17N3S/c1-2-7-13(6-1)8-3-4-11-10-12-5-9-14-10/h5,9H,1-4,6-8H2,(H,11,12). The highest BCUT2D eigenvalue weighted by Crippen LogP contribution is 2.10. The SMILES string of the molecule is c1csc(NCCCN2CCCC2)n1. The van der Waals surface area contributed by atoms with Gasteiger partial charge in [-0.05, 0) is 38.9 Å². The lowest BCUT2D eigenvalue weighted by atomic mass is 10.4. The van der Waals surface area contributed by atoms with Crippen LogP contribution in [0.25, 0.3) is 0 Å². The van der Waals surface area contributed by atoms with Gasteiger partial charge in [0.05, 0.1) is 0 Å². The average molecular weight is 211 g/mol. The Hall–Kier alpha value is -0.610. The van der Waals surface area contributed by atoms with Crippen LogP contribution in [0.3, 0.4) is 0 Å². The van der Waals surface area contributed by atoms with Gasteiger partial charge >= 0.3 is 0 Å². The van der Waals surface area contributed by atoms with Gasteiger partial charge in [0.25, 0.3) is 0 Å². The molecule has 0 radical (unpaired) electrons. The number of nitrogens with zero attached hydrogens (tertiary/aromatic N) is 2. The number of rotatable bonds is 5. The molecule has 1 aromatic rings. The van der Waals surface area contributed by atoms with E-state index in [-0.39, 0.29) is 0 Å². The summed E-state index contributed by atoms with van der Waals surface area (Å²) in [5.74, 6) is 0. The molecule has 1 fully saturated rings. The van der Waals surface area contributed by atoms with Crippen molar-refractivity contribution in [3.8, 4) is 0 Å². The van der Waals surface area contributed by atoms with Crippen LogP contribution in [0.15, 0.2) is 11.6 Å². The molecule has 0 amide bonds. The maximum absolute atomic E-state index is 4.18. The van der Waals surface area contributed by atoms with Crippen LogP contribution in [0.2, 0.25) is 0 Å². The topological polar surface area (TPSA) is 28.2 Å². The van der Waals surface area contributed by atoms with E-state index in [2.05, 4.69) is 15.2 Å². The van der Waals surface area contributed by atoms with Gasteiger partial charge < -0.3 is 10.2 Å². The third kappa shape index (κ3) is 2.96. The molecule has 4 heteroatoms. The predicted octanol–water partition coefficient (Wildman–Crippen LogP) is 2.04. The molecule has 1 aliphatic rings. The zero-order valence-corrected chi connectivity index (χ0v) is 9.22. The summed E-state index contributed by atoms with van der Waals surface area (Å²) in [6.07, 6.45) is 5.84. The number of hydrogen-bond donors (Lipinski definition) is 1. The van der Waals surface area contributed by atoms with E-state index in [4.69, 9.17) is 0 Å². The molecule has 14 heavy (non-hydrogen) atoms. The normalized spacial score (nSPS) is 17.4. The molecular weight excluding hydrogens is 194 g/mol. The minimum absolute atomic E-state index is 1.05. The minimum Gasteiger partial charge on any atom is -0.361 e. The lowest BCUT2D eigenvalue weighted by Crippen LogP contribution is -2.22. The van der Waals surface area contributed by atoms with Crippen LogP contribution in [0, 0.1) is 0 Å². The van der Waals surface area contributed by atoms with Gasteiger partial charge in [-0.1, -0.05) is 0 Å². The summed E-state index contributed by atoms with van der Waals surface area (Å²) in [6, 6.07) is 0. The zero-order valence-electron chi connectivity index (χ0n) is 8.41. The van der Waals surface area contributed by atoms with Gasteiger partial charge in [0.2, 0.25) is 0 Å². The summed E-state index contributed by atoms with van der Waals surface area (Å²) in [4.78, 5) is 6.72. The molecule has 0 aromatic carbocycles. The zero-order chi connectivity index (χ0) is 9.64. The number of likely N-dealkylation sites (tertiary alicyclic amines) is 1. The third-order valence-corrected chi connectivity index (χ3v) is 3.29. The summed E-state index contributed by atoms with van der Waals surface area (Å²) in [5, 5.41) is 6.38. The summed E-state index contributed by atoms with van der Waals surface area (Å²) in [5.41, 5.74) is 0. The molecule has 0 atom stereocenters. The molecule has 0 spiro atoms.